The molecule has 8 nitrogen and oxygen atoms in total. The van der Waals surface area contributed by atoms with Crippen LogP contribution in [0, 0.1) is 5.41 Å². The van der Waals surface area contributed by atoms with E-state index in [2.05, 4.69) is 15.3 Å². The number of likely N-dealkylation sites (tertiary alicyclic amines) is 1. The van der Waals surface area contributed by atoms with E-state index in [1.165, 1.54) is 11.3 Å². The van der Waals surface area contributed by atoms with Crippen LogP contribution in [0.4, 0.5) is 9.93 Å². The van der Waals surface area contributed by atoms with Gasteiger partial charge in [-0.05, 0) is 30.7 Å². The summed E-state index contributed by atoms with van der Waals surface area (Å²) in [6, 6.07) is 1.77. The van der Waals surface area contributed by atoms with Crippen LogP contribution in [0.25, 0.3) is 21.3 Å². The third-order valence-electron chi connectivity index (χ3n) is 5.90. The molecule has 2 amide bonds. The van der Waals surface area contributed by atoms with E-state index < -0.39 is 0 Å². The van der Waals surface area contributed by atoms with Gasteiger partial charge in [0, 0.05) is 43.6 Å². The minimum atomic E-state index is -0.107. The first-order chi connectivity index (χ1) is 14.2. The van der Waals surface area contributed by atoms with Crippen molar-refractivity contribution in [2.45, 2.75) is 19.3 Å². The lowest BCUT2D eigenvalue weighted by Gasteiger charge is -2.33. The van der Waals surface area contributed by atoms with Gasteiger partial charge in [0.2, 0.25) is 5.88 Å². The summed E-state index contributed by atoms with van der Waals surface area (Å²) in [5.74, 6) is 0.436. The zero-order valence-corrected chi connectivity index (χ0v) is 17.0. The Balaban J connectivity index is 1.39. The number of nitrogens with one attached hydrogen (secondary N) is 1. The third-order valence-corrected chi connectivity index (χ3v) is 6.91. The van der Waals surface area contributed by atoms with Crippen LogP contribution < -0.4 is 10.1 Å². The summed E-state index contributed by atoms with van der Waals surface area (Å²) < 4.78 is 17.0. The number of thiazole rings is 1. The fourth-order valence-corrected chi connectivity index (χ4v) is 5.19. The predicted octanol–water partition coefficient (Wildman–Crippen LogP) is 3.99. The van der Waals surface area contributed by atoms with Gasteiger partial charge in [-0.2, -0.15) is 0 Å². The van der Waals surface area contributed by atoms with Crippen molar-refractivity contribution in [3.05, 3.63) is 24.8 Å². The molecule has 0 bridgehead atoms. The van der Waals surface area contributed by atoms with E-state index in [1.807, 2.05) is 11.0 Å². The van der Waals surface area contributed by atoms with Gasteiger partial charge in [0.15, 0.2) is 5.13 Å². The molecule has 5 rings (SSSR count). The van der Waals surface area contributed by atoms with E-state index in [1.54, 1.807) is 25.8 Å². The van der Waals surface area contributed by atoms with Crippen molar-refractivity contribution >= 4 is 32.7 Å². The number of anilines is 1. The van der Waals surface area contributed by atoms with Crippen molar-refractivity contribution in [2.75, 3.05) is 38.7 Å². The van der Waals surface area contributed by atoms with Gasteiger partial charge in [0.05, 0.1) is 24.3 Å². The average Bonchev–Trinajstić information content (AvgIpc) is 3.48. The molecule has 152 valence electrons. The minimum Gasteiger partial charge on any atom is -0.479 e. The Labute approximate surface area is 171 Å². The molecule has 2 aliphatic rings. The number of aromatic nitrogens is 2. The minimum absolute atomic E-state index is 0.107. The number of carbonyl (C=O) groups is 1. The molecule has 0 aliphatic carbocycles. The number of furan rings is 1. The van der Waals surface area contributed by atoms with Gasteiger partial charge < -0.3 is 18.8 Å². The molecule has 3 aromatic rings. The molecule has 0 unspecified atom stereocenters. The molecular formula is C20H22N4O4S. The van der Waals surface area contributed by atoms with Crippen LogP contribution in [0.1, 0.15) is 19.3 Å². The van der Waals surface area contributed by atoms with E-state index in [0.29, 0.717) is 16.5 Å². The van der Waals surface area contributed by atoms with Crippen LogP contribution >= 0.6 is 11.3 Å². The highest BCUT2D eigenvalue weighted by molar-refractivity contribution is 7.23. The molecule has 0 atom stereocenters. The summed E-state index contributed by atoms with van der Waals surface area (Å²) >= 11 is 1.41. The van der Waals surface area contributed by atoms with Gasteiger partial charge in [0.25, 0.3) is 0 Å². The molecular weight excluding hydrogens is 392 g/mol. The van der Waals surface area contributed by atoms with Crippen LogP contribution in [0.15, 0.2) is 29.2 Å². The van der Waals surface area contributed by atoms with Crippen LogP contribution in [-0.2, 0) is 4.74 Å². The lowest BCUT2D eigenvalue weighted by atomic mass is 9.80. The monoisotopic (exact) mass is 414 g/mol. The number of hydrogen-bond acceptors (Lipinski definition) is 7. The second-order valence-electron chi connectivity index (χ2n) is 7.60. The molecule has 9 heteroatoms. The van der Waals surface area contributed by atoms with Crippen molar-refractivity contribution in [2.24, 2.45) is 5.41 Å². The number of nitrogens with zero attached hydrogens (tertiary/aromatic N) is 3. The van der Waals surface area contributed by atoms with E-state index in [0.717, 1.165) is 61.4 Å². The zero-order valence-electron chi connectivity index (χ0n) is 16.1. The highest BCUT2D eigenvalue weighted by Crippen LogP contribution is 2.41. The molecule has 5 heterocycles. The Bertz CT molecular complexity index is 1030. The second kappa shape index (κ2) is 7.31. The molecule has 1 N–H and O–H groups in total. The van der Waals surface area contributed by atoms with Gasteiger partial charge >= 0.3 is 6.03 Å². The lowest BCUT2D eigenvalue weighted by Crippen LogP contribution is -2.37. The number of urea groups is 1. The molecule has 2 saturated heterocycles. The van der Waals surface area contributed by atoms with Gasteiger partial charge in [-0.1, -0.05) is 11.3 Å². The summed E-state index contributed by atoms with van der Waals surface area (Å²) in [6.45, 7) is 3.12. The summed E-state index contributed by atoms with van der Waals surface area (Å²) in [5.41, 5.74) is 2.65. The highest BCUT2D eigenvalue weighted by Gasteiger charge is 2.41. The lowest BCUT2D eigenvalue weighted by molar-refractivity contribution is 0.0211. The van der Waals surface area contributed by atoms with Crippen LogP contribution in [0.2, 0.25) is 0 Å². The smallest absolute Gasteiger partial charge is 0.323 e. The second-order valence-corrected chi connectivity index (χ2v) is 8.60. The van der Waals surface area contributed by atoms with Gasteiger partial charge in [-0.15, -0.1) is 0 Å². The van der Waals surface area contributed by atoms with Crippen molar-refractivity contribution in [3.8, 4) is 17.0 Å². The Kier molecular flexibility index (Phi) is 4.63. The normalized spacial score (nSPS) is 18.4. The van der Waals surface area contributed by atoms with Crippen LogP contribution in [0.3, 0.4) is 0 Å². The molecule has 29 heavy (non-hydrogen) atoms. The number of rotatable bonds is 3. The maximum absolute atomic E-state index is 12.9. The Hall–Kier alpha value is -2.65. The van der Waals surface area contributed by atoms with Crippen LogP contribution in [0.5, 0.6) is 5.88 Å². The molecule has 0 saturated carbocycles. The van der Waals surface area contributed by atoms with Crippen LogP contribution in [-0.4, -0.2) is 54.3 Å². The zero-order chi connectivity index (χ0) is 19.8. The number of fused-ring (bicyclic) bond motifs is 1. The number of hydrogen-bond donors (Lipinski definition) is 1. The molecule has 2 aliphatic heterocycles. The first kappa shape index (κ1) is 18.4. The van der Waals surface area contributed by atoms with Crippen molar-refractivity contribution in [1.29, 1.82) is 0 Å². The summed E-state index contributed by atoms with van der Waals surface area (Å²) in [4.78, 5) is 23.7. The van der Waals surface area contributed by atoms with Crippen molar-refractivity contribution in [3.63, 3.8) is 0 Å². The molecule has 2 fully saturated rings. The molecule has 3 aromatic heterocycles. The number of pyridine rings is 1. The SMILES string of the molecule is COc1ncc(-c2ccoc2)c2sc(NC(=O)N3CCC4(CCOCC4)C3)nc12. The maximum Gasteiger partial charge on any atom is 0.323 e. The molecule has 0 aromatic carbocycles. The summed E-state index contributed by atoms with van der Waals surface area (Å²) in [5, 5.41) is 3.51. The first-order valence-electron chi connectivity index (χ1n) is 9.67. The number of amides is 2. The summed E-state index contributed by atoms with van der Waals surface area (Å²) in [6.07, 6.45) is 8.11. The van der Waals surface area contributed by atoms with Gasteiger partial charge in [-0.3, -0.25) is 5.32 Å². The Morgan fingerprint density at radius 2 is 2.21 bits per heavy atom. The number of methoxy groups -OCH3 is 1. The summed E-state index contributed by atoms with van der Waals surface area (Å²) in [7, 11) is 1.56. The standard InChI is InChI=1S/C20H22N4O4S/c1-26-17-15-16(14(10-21-17)13-2-7-28-11-13)29-18(22-15)23-19(25)24-6-3-20(12-24)4-8-27-9-5-20/h2,7,10-11H,3-6,8-9,12H2,1H3,(H,22,23,25). The fourth-order valence-electron chi connectivity index (χ4n) is 4.21. The van der Waals surface area contributed by atoms with Crippen molar-refractivity contribution in [1.82, 2.24) is 14.9 Å². The number of ether oxygens (including phenoxy) is 2. The topological polar surface area (TPSA) is 89.7 Å². The van der Waals surface area contributed by atoms with Gasteiger partial charge in [0.1, 0.15) is 5.52 Å². The first-order valence-corrected chi connectivity index (χ1v) is 10.5. The van der Waals surface area contributed by atoms with E-state index >= 15 is 0 Å². The van der Waals surface area contributed by atoms with E-state index in [9.17, 15) is 4.79 Å². The predicted molar refractivity (Wildman–Crippen MR) is 109 cm³/mol. The molecule has 0 radical (unpaired) electrons. The van der Waals surface area contributed by atoms with E-state index in [4.69, 9.17) is 13.9 Å². The third kappa shape index (κ3) is 3.34. The average molecular weight is 414 g/mol. The highest BCUT2D eigenvalue weighted by atomic mass is 32.1. The quantitative estimate of drug-likeness (QED) is 0.697. The number of carbonyl (C=O) groups excluding carboxylic acids is 1. The molecule has 1 spiro atoms. The van der Waals surface area contributed by atoms with Gasteiger partial charge in [-0.25, -0.2) is 14.8 Å². The Morgan fingerprint density at radius 3 is 2.97 bits per heavy atom. The van der Waals surface area contributed by atoms with E-state index in [-0.39, 0.29) is 11.4 Å². The van der Waals surface area contributed by atoms with Crippen molar-refractivity contribution < 1.29 is 18.7 Å². The Morgan fingerprint density at radius 1 is 1.34 bits per heavy atom. The largest absolute Gasteiger partial charge is 0.479 e. The maximum atomic E-state index is 12.9. The fraction of sp³-hybridized carbons (Fsp3) is 0.450.